The first-order chi connectivity index (χ1) is 7.15. The maximum atomic E-state index is 11.6. The minimum absolute atomic E-state index is 0.187. The summed E-state index contributed by atoms with van der Waals surface area (Å²) in [6.45, 7) is 5.50. The second-order valence-corrected chi connectivity index (χ2v) is 7.11. The minimum Gasteiger partial charge on any atom is -0.508 e. The maximum Gasteiger partial charge on any atom is 0.150 e. The Morgan fingerprint density at radius 3 is 2.00 bits per heavy atom. The molecule has 0 aliphatic carbocycles. The molecule has 0 aliphatic heterocycles. The predicted molar refractivity (Wildman–Crippen MR) is 65.4 cm³/mol. The Balaban J connectivity index is 3.16. The molecule has 0 heterocycles. The van der Waals surface area contributed by atoms with Crippen LogP contribution < -0.4 is 0 Å². The van der Waals surface area contributed by atoms with Gasteiger partial charge < -0.3 is 5.11 Å². The van der Waals surface area contributed by atoms with Gasteiger partial charge in [0.1, 0.15) is 5.75 Å². The van der Waals surface area contributed by atoms with Crippen LogP contribution in [0.3, 0.4) is 0 Å². The van der Waals surface area contributed by atoms with E-state index >= 15 is 0 Å². The van der Waals surface area contributed by atoms with Crippen molar-refractivity contribution in [2.24, 2.45) is 0 Å². The fraction of sp³-hybridized carbons (Fsp3) is 0.500. The lowest BCUT2D eigenvalue weighted by atomic mass is 9.82. The standard InChI is InChI=1S/C12H18O3S/c1-9(16(4,14)15)12(2,3)10-5-7-11(13)8-6-10/h5-9,13H,1-4H3. The quantitative estimate of drug-likeness (QED) is 0.883. The molecule has 0 aliphatic rings. The van der Waals surface area contributed by atoms with Gasteiger partial charge in [-0.05, 0) is 24.6 Å². The summed E-state index contributed by atoms with van der Waals surface area (Å²) in [5, 5.41) is 8.73. The van der Waals surface area contributed by atoms with E-state index in [1.165, 1.54) is 6.26 Å². The molecule has 0 spiro atoms. The first-order valence-electron chi connectivity index (χ1n) is 5.14. The molecular weight excluding hydrogens is 224 g/mol. The van der Waals surface area contributed by atoms with Crippen molar-refractivity contribution in [1.82, 2.24) is 0 Å². The lowest BCUT2D eigenvalue weighted by molar-refractivity contribution is 0.469. The molecule has 1 aromatic carbocycles. The SMILES string of the molecule is CC(C(C)(C)c1ccc(O)cc1)S(C)(=O)=O. The molecule has 1 unspecified atom stereocenters. The van der Waals surface area contributed by atoms with Crippen molar-refractivity contribution in [2.45, 2.75) is 31.4 Å². The zero-order valence-corrected chi connectivity index (χ0v) is 10.9. The highest BCUT2D eigenvalue weighted by atomic mass is 32.2. The van der Waals surface area contributed by atoms with Gasteiger partial charge in [0.2, 0.25) is 0 Å². The molecule has 0 bridgehead atoms. The van der Waals surface area contributed by atoms with Crippen molar-refractivity contribution in [1.29, 1.82) is 0 Å². The van der Waals surface area contributed by atoms with Gasteiger partial charge >= 0.3 is 0 Å². The van der Waals surface area contributed by atoms with Crippen LogP contribution in [-0.4, -0.2) is 25.0 Å². The number of sulfone groups is 1. The normalized spacial score (nSPS) is 14.8. The highest BCUT2D eigenvalue weighted by molar-refractivity contribution is 7.91. The van der Waals surface area contributed by atoms with Crippen LogP contribution >= 0.6 is 0 Å². The fourth-order valence-corrected chi connectivity index (χ4v) is 2.87. The monoisotopic (exact) mass is 242 g/mol. The summed E-state index contributed by atoms with van der Waals surface area (Å²) in [7, 11) is -3.08. The lowest BCUT2D eigenvalue weighted by Crippen LogP contribution is -2.37. The lowest BCUT2D eigenvalue weighted by Gasteiger charge is -2.31. The Labute approximate surface area is 97.0 Å². The molecule has 0 saturated heterocycles. The first kappa shape index (κ1) is 13.0. The summed E-state index contributed by atoms with van der Waals surface area (Å²) >= 11 is 0. The van der Waals surface area contributed by atoms with E-state index < -0.39 is 20.5 Å². The Hall–Kier alpha value is -1.03. The van der Waals surface area contributed by atoms with E-state index in [4.69, 9.17) is 0 Å². The molecule has 0 saturated carbocycles. The third-order valence-electron chi connectivity index (χ3n) is 3.27. The molecule has 4 heteroatoms. The second-order valence-electron chi connectivity index (χ2n) is 4.74. The van der Waals surface area contributed by atoms with Crippen molar-refractivity contribution < 1.29 is 13.5 Å². The predicted octanol–water partition coefficient (Wildman–Crippen LogP) is 2.10. The summed E-state index contributed by atoms with van der Waals surface area (Å²) < 4.78 is 23.1. The van der Waals surface area contributed by atoms with E-state index in [-0.39, 0.29) is 5.75 Å². The van der Waals surface area contributed by atoms with E-state index in [1.807, 2.05) is 13.8 Å². The van der Waals surface area contributed by atoms with Crippen LogP contribution in [0.25, 0.3) is 0 Å². The number of hydrogen-bond acceptors (Lipinski definition) is 3. The summed E-state index contributed by atoms with van der Waals surface area (Å²) in [6, 6.07) is 6.67. The van der Waals surface area contributed by atoms with Gasteiger partial charge in [0.25, 0.3) is 0 Å². The Morgan fingerprint density at radius 1 is 1.19 bits per heavy atom. The van der Waals surface area contributed by atoms with Crippen LogP contribution in [0.15, 0.2) is 24.3 Å². The van der Waals surface area contributed by atoms with Gasteiger partial charge in [0, 0.05) is 11.7 Å². The number of aromatic hydroxyl groups is 1. The van der Waals surface area contributed by atoms with Crippen molar-refractivity contribution in [2.75, 3.05) is 6.26 Å². The Kier molecular flexibility index (Phi) is 3.33. The zero-order valence-electron chi connectivity index (χ0n) is 10.1. The molecular formula is C12H18O3S. The van der Waals surface area contributed by atoms with Crippen LogP contribution in [0.5, 0.6) is 5.75 Å². The fourth-order valence-electron chi connectivity index (χ4n) is 1.66. The summed E-state index contributed by atoms with van der Waals surface area (Å²) in [5.74, 6) is 0.187. The number of rotatable bonds is 3. The third kappa shape index (κ3) is 2.55. The summed E-state index contributed by atoms with van der Waals surface area (Å²) in [5.41, 5.74) is 0.435. The molecule has 1 N–H and O–H groups in total. The molecule has 90 valence electrons. The van der Waals surface area contributed by atoms with Gasteiger partial charge in [-0.2, -0.15) is 0 Å². The van der Waals surface area contributed by atoms with Crippen molar-refractivity contribution in [3.05, 3.63) is 29.8 Å². The average molecular weight is 242 g/mol. The topological polar surface area (TPSA) is 54.4 Å². The number of phenolic OH excluding ortho intramolecular Hbond substituents is 1. The van der Waals surface area contributed by atoms with Crippen molar-refractivity contribution in [3.63, 3.8) is 0 Å². The maximum absolute atomic E-state index is 11.6. The Bertz CT molecular complexity index is 458. The van der Waals surface area contributed by atoms with Gasteiger partial charge in [0.05, 0.1) is 5.25 Å². The van der Waals surface area contributed by atoms with Crippen LogP contribution in [0.4, 0.5) is 0 Å². The third-order valence-corrected chi connectivity index (χ3v) is 5.14. The van der Waals surface area contributed by atoms with E-state index in [0.29, 0.717) is 0 Å². The van der Waals surface area contributed by atoms with Gasteiger partial charge in [-0.15, -0.1) is 0 Å². The molecule has 1 aromatic rings. The van der Waals surface area contributed by atoms with Crippen LogP contribution in [0.2, 0.25) is 0 Å². The molecule has 0 fully saturated rings. The average Bonchev–Trinajstić information content (AvgIpc) is 2.16. The molecule has 0 radical (unpaired) electrons. The molecule has 16 heavy (non-hydrogen) atoms. The van der Waals surface area contributed by atoms with Gasteiger partial charge in [-0.3, -0.25) is 0 Å². The number of benzene rings is 1. The smallest absolute Gasteiger partial charge is 0.150 e. The van der Waals surface area contributed by atoms with Crippen LogP contribution in [0.1, 0.15) is 26.3 Å². The van der Waals surface area contributed by atoms with Crippen molar-refractivity contribution in [3.8, 4) is 5.75 Å². The molecule has 3 nitrogen and oxygen atoms in total. The minimum atomic E-state index is -3.08. The van der Waals surface area contributed by atoms with Crippen molar-refractivity contribution >= 4 is 9.84 Å². The van der Waals surface area contributed by atoms with Crippen LogP contribution in [-0.2, 0) is 15.3 Å². The summed E-state index contributed by atoms with van der Waals surface area (Å²) in [4.78, 5) is 0. The van der Waals surface area contributed by atoms with Gasteiger partial charge in [0.15, 0.2) is 9.84 Å². The largest absolute Gasteiger partial charge is 0.508 e. The van der Waals surface area contributed by atoms with E-state index in [9.17, 15) is 13.5 Å². The molecule has 0 aromatic heterocycles. The molecule has 0 amide bonds. The van der Waals surface area contributed by atoms with Gasteiger partial charge in [-0.1, -0.05) is 26.0 Å². The highest BCUT2D eigenvalue weighted by Crippen LogP contribution is 2.31. The molecule has 1 atom stereocenters. The number of phenols is 1. The summed E-state index contributed by atoms with van der Waals surface area (Å²) in [6.07, 6.45) is 1.25. The van der Waals surface area contributed by atoms with E-state index in [0.717, 1.165) is 5.56 Å². The Morgan fingerprint density at radius 2 is 1.62 bits per heavy atom. The second kappa shape index (κ2) is 4.09. The van der Waals surface area contributed by atoms with E-state index in [2.05, 4.69) is 0 Å². The van der Waals surface area contributed by atoms with E-state index in [1.54, 1.807) is 31.2 Å². The van der Waals surface area contributed by atoms with Crippen LogP contribution in [0, 0.1) is 0 Å². The van der Waals surface area contributed by atoms with Gasteiger partial charge in [-0.25, -0.2) is 8.42 Å². The zero-order chi connectivity index (χ0) is 12.6. The highest BCUT2D eigenvalue weighted by Gasteiger charge is 2.34. The first-order valence-corrected chi connectivity index (χ1v) is 7.09. The molecule has 1 rings (SSSR count). The number of hydrogen-bond donors (Lipinski definition) is 1.